The van der Waals surface area contributed by atoms with Crippen LogP contribution >= 0.6 is 11.8 Å². The number of aromatic nitrogens is 3. The van der Waals surface area contributed by atoms with Crippen molar-refractivity contribution in [2.75, 3.05) is 49.9 Å². The minimum Gasteiger partial charge on any atom is -0.369 e. The van der Waals surface area contributed by atoms with Crippen LogP contribution in [0.3, 0.4) is 0 Å². The minimum atomic E-state index is -0.211. The molecule has 2 aromatic carbocycles. The fraction of sp³-hybridized carbons (Fsp3) is 0.400. The summed E-state index contributed by atoms with van der Waals surface area (Å²) in [5.41, 5.74) is 3.31. The Bertz CT molecular complexity index is 1060. The van der Waals surface area contributed by atoms with E-state index in [9.17, 15) is 9.18 Å². The van der Waals surface area contributed by atoms with Gasteiger partial charge >= 0.3 is 0 Å². The minimum absolute atomic E-state index is 0.0142. The third-order valence-corrected chi connectivity index (χ3v) is 6.94. The summed E-state index contributed by atoms with van der Waals surface area (Å²) in [6.45, 7) is 9.38. The number of nitrogens with one attached hydrogen (secondary N) is 1. The van der Waals surface area contributed by atoms with E-state index in [1.807, 2.05) is 16.7 Å². The fourth-order valence-corrected chi connectivity index (χ4v) is 4.69. The number of halogens is 1. The Hall–Kier alpha value is -2.91. The highest BCUT2D eigenvalue weighted by Crippen LogP contribution is 2.22. The molecule has 0 unspecified atom stereocenters. The predicted octanol–water partition coefficient (Wildman–Crippen LogP) is 3.56. The number of benzene rings is 2. The van der Waals surface area contributed by atoms with Crippen LogP contribution in [0.1, 0.15) is 25.3 Å². The topological polar surface area (TPSA) is 66.3 Å². The van der Waals surface area contributed by atoms with Gasteiger partial charge < -0.3 is 10.2 Å². The molecule has 1 N–H and O–H groups in total. The van der Waals surface area contributed by atoms with Crippen molar-refractivity contribution in [1.29, 1.82) is 0 Å². The van der Waals surface area contributed by atoms with Crippen molar-refractivity contribution < 1.29 is 9.18 Å². The zero-order valence-electron chi connectivity index (χ0n) is 19.7. The quantitative estimate of drug-likeness (QED) is 0.471. The molecule has 0 radical (unpaired) electrons. The van der Waals surface area contributed by atoms with Gasteiger partial charge in [-0.3, -0.25) is 14.3 Å². The molecule has 0 bridgehead atoms. The van der Waals surface area contributed by atoms with Crippen molar-refractivity contribution in [2.45, 2.75) is 24.9 Å². The number of carbonyl (C=O) groups excluding carboxylic acids is 1. The Kier molecular flexibility index (Phi) is 8.18. The van der Waals surface area contributed by atoms with E-state index in [-0.39, 0.29) is 11.7 Å². The number of carbonyl (C=O) groups is 1. The first-order chi connectivity index (χ1) is 16.5. The Morgan fingerprint density at radius 1 is 1.03 bits per heavy atom. The van der Waals surface area contributed by atoms with E-state index in [1.165, 1.54) is 29.5 Å². The SMILES string of the molecule is CC(C)c1ccc(-n2cnnc2SCC(=O)NCCN2CCN(c3ccc(F)cc3)CC2)cc1. The highest BCUT2D eigenvalue weighted by Gasteiger charge is 2.17. The standard InChI is InChI=1S/C25H31FN6OS/c1-19(2)20-3-7-23(8-4-20)32-18-28-29-25(32)34-17-24(33)27-11-12-30-13-15-31(16-14-30)22-9-5-21(26)6-10-22/h3-10,18-19H,11-17H2,1-2H3,(H,27,33). The van der Waals surface area contributed by atoms with Crippen molar-refractivity contribution in [1.82, 2.24) is 25.0 Å². The maximum Gasteiger partial charge on any atom is 0.230 e. The molecule has 0 saturated carbocycles. The van der Waals surface area contributed by atoms with Gasteiger partial charge in [0.25, 0.3) is 0 Å². The fourth-order valence-electron chi connectivity index (χ4n) is 3.94. The Balaban J connectivity index is 1.17. The summed E-state index contributed by atoms with van der Waals surface area (Å²) in [5, 5.41) is 11.9. The number of hydrogen-bond acceptors (Lipinski definition) is 6. The molecule has 1 aliphatic heterocycles. The molecule has 4 rings (SSSR count). The number of nitrogens with zero attached hydrogens (tertiary/aromatic N) is 5. The summed E-state index contributed by atoms with van der Waals surface area (Å²) in [5.74, 6) is 0.545. The lowest BCUT2D eigenvalue weighted by Crippen LogP contribution is -2.48. The molecule has 1 aliphatic rings. The monoisotopic (exact) mass is 482 g/mol. The number of amides is 1. The van der Waals surface area contributed by atoms with Gasteiger partial charge in [-0.15, -0.1) is 10.2 Å². The Morgan fingerprint density at radius 3 is 2.38 bits per heavy atom. The zero-order valence-corrected chi connectivity index (χ0v) is 20.5. The Morgan fingerprint density at radius 2 is 1.71 bits per heavy atom. The molecule has 3 aromatic rings. The van der Waals surface area contributed by atoms with Crippen LogP contribution in [0.2, 0.25) is 0 Å². The van der Waals surface area contributed by atoms with Crippen LogP contribution in [-0.2, 0) is 4.79 Å². The van der Waals surface area contributed by atoms with Gasteiger partial charge in [-0.2, -0.15) is 0 Å². The first-order valence-electron chi connectivity index (χ1n) is 11.6. The van der Waals surface area contributed by atoms with Crippen LogP contribution in [0.4, 0.5) is 10.1 Å². The molecule has 9 heteroatoms. The molecule has 34 heavy (non-hydrogen) atoms. The summed E-state index contributed by atoms with van der Waals surface area (Å²) in [7, 11) is 0. The second-order valence-corrected chi connectivity index (χ2v) is 9.62. The molecule has 7 nitrogen and oxygen atoms in total. The first-order valence-corrected chi connectivity index (χ1v) is 12.6. The van der Waals surface area contributed by atoms with E-state index in [1.54, 1.807) is 6.33 Å². The van der Waals surface area contributed by atoms with Gasteiger partial charge in [0.1, 0.15) is 12.1 Å². The molecule has 2 heterocycles. The van der Waals surface area contributed by atoms with Crippen molar-refractivity contribution in [3.8, 4) is 5.69 Å². The van der Waals surface area contributed by atoms with Crippen molar-refractivity contribution in [3.63, 3.8) is 0 Å². The van der Waals surface area contributed by atoms with Crippen LogP contribution in [0.25, 0.3) is 5.69 Å². The molecule has 0 atom stereocenters. The second-order valence-electron chi connectivity index (χ2n) is 8.67. The normalized spacial score (nSPS) is 14.5. The maximum atomic E-state index is 13.1. The molecule has 1 aromatic heterocycles. The van der Waals surface area contributed by atoms with E-state index >= 15 is 0 Å². The van der Waals surface area contributed by atoms with Crippen LogP contribution in [-0.4, -0.2) is 70.6 Å². The van der Waals surface area contributed by atoms with Crippen LogP contribution in [0.5, 0.6) is 0 Å². The summed E-state index contributed by atoms with van der Waals surface area (Å²) < 4.78 is 15.0. The van der Waals surface area contributed by atoms with Crippen molar-refractivity contribution in [2.24, 2.45) is 0 Å². The van der Waals surface area contributed by atoms with E-state index in [4.69, 9.17) is 0 Å². The van der Waals surface area contributed by atoms with Gasteiger partial charge in [-0.1, -0.05) is 37.7 Å². The van der Waals surface area contributed by atoms with Crippen LogP contribution < -0.4 is 10.2 Å². The lowest BCUT2D eigenvalue weighted by Gasteiger charge is -2.36. The molecule has 0 aliphatic carbocycles. The highest BCUT2D eigenvalue weighted by molar-refractivity contribution is 7.99. The first kappa shape index (κ1) is 24.2. The lowest BCUT2D eigenvalue weighted by molar-refractivity contribution is -0.118. The predicted molar refractivity (Wildman–Crippen MR) is 134 cm³/mol. The molecular weight excluding hydrogens is 451 g/mol. The highest BCUT2D eigenvalue weighted by atomic mass is 32.2. The van der Waals surface area contributed by atoms with E-state index in [0.717, 1.165) is 44.1 Å². The number of rotatable bonds is 9. The molecule has 1 amide bonds. The number of thioether (sulfide) groups is 1. The van der Waals surface area contributed by atoms with Gasteiger partial charge in [0.15, 0.2) is 5.16 Å². The summed E-state index contributed by atoms with van der Waals surface area (Å²) in [4.78, 5) is 17.0. The Labute approximate surface area is 204 Å². The van der Waals surface area contributed by atoms with Crippen LogP contribution in [0, 0.1) is 5.82 Å². The summed E-state index contributed by atoms with van der Waals surface area (Å²) >= 11 is 1.38. The van der Waals surface area contributed by atoms with Crippen molar-refractivity contribution in [3.05, 3.63) is 66.2 Å². The largest absolute Gasteiger partial charge is 0.369 e. The van der Waals surface area contributed by atoms with E-state index < -0.39 is 0 Å². The molecule has 1 fully saturated rings. The van der Waals surface area contributed by atoms with E-state index in [0.29, 0.717) is 23.4 Å². The maximum absolute atomic E-state index is 13.1. The van der Waals surface area contributed by atoms with Gasteiger partial charge in [0.05, 0.1) is 5.75 Å². The molecule has 1 saturated heterocycles. The third-order valence-electron chi connectivity index (χ3n) is 6.00. The van der Waals surface area contributed by atoms with E-state index in [2.05, 4.69) is 63.4 Å². The molecule has 180 valence electrons. The zero-order chi connectivity index (χ0) is 23.9. The molecular formula is C25H31FN6OS. The van der Waals surface area contributed by atoms with Gasteiger partial charge in [0, 0.05) is 50.6 Å². The van der Waals surface area contributed by atoms with Crippen LogP contribution in [0.15, 0.2) is 60.0 Å². The average Bonchev–Trinajstić information content (AvgIpc) is 3.32. The van der Waals surface area contributed by atoms with Gasteiger partial charge in [-0.05, 0) is 47.9 Å². The van der Waals surface area contributed by atoms with Crippen molar-refractivity contribution >= 4 is 23.4 Å². The summed E-state index contributed by atoms with van der Waals surface area (Å²) in [6, 6.07) is 15.0. The smallest absolute Gasteiger partial charge is 0.230 e. The average molecular weight is 483 g/mol. The lowest BCUT2D eigenvalue weighted by atomic mass is 10.0. The number of piperazine rings is 1. The van der Waals surface area contributed by atoms with Gasteiger partial charge in [-0.25, -0.2) is 4.39 Å². The number of anilines is 1. The third kappa shape index (κ3) is 6.36. The number of hydrogen-bond donors (Lipinski definition) is 1. The summed E-state index contributed by atoms with van der Waals surface area (Å²) in [6.07, 6.45) is 1.68. The van der Waals surface area contributed by atoms with Gasteiger partial charge in [0.2, 0.25) is 5.91 Å². The molecule has 0 spiro atoms. The second kappa shape index (κ2) is 11.5.